The van der Waals surface area contributed by atoms with E-state index < -0.39 is 0 Å². The molecule has 5 aromatic carbocycles. The highest BCUT2D eigenvalue weighted by Gasteiger charge is 2.24. The van der Waals surface area contributed by atoms with Gasteiger partial charge in [0.2, 0.25) is 5.95 Å². The van der Waals surface area contributed by atoms with E-state index >= 15 is 0 Å². The third-order valence-electron chi connectivity index (χ3n) is 7.20. The molecule has 0 aliphatic rings. The maximum absolute atomic E-state index is 4.68. The van der Waals surface area contributed by atoms with Crippen LogP contribution < -0.4 is 0 Å². The highest BCUT2D eigenvalue weighted by molar-refractivity contribution is 6.36. The normalized spacial score (nSPS) is 11.9. The Hall–Kier alpha value is -4.96. The van der Waals surface area contributed by atoms with Crippen molar-refractivity contribution < 1.29 is 0 Å². The largest absolute Gasteiger partial charge is 0.309 e. The average molecular weight is 461 g/mol. The summed E-state index contributed by atoms with van der Waals surface area (Å²) in [5.74, 6) is 0.676. The Morgan fingerprint density at radius 3 is 1.69 bits per heavy atom. The van der Waals surface area contributed by atoms with Crippen molar-refractivity contribution in [1.29, 1.82) is 0 Å². The van der Waals surface area contributed by atoms with Crippen LogP contribution in [0.1, 0.15) is 0 Å². The Labute approximate surface area is 206 Å². The van der Waals surface area contributed by atoms with Crippen LogP contribution in [0.2, 0.25) is 0 Å². The zero-order chi connectivity index (χ0) is 23.6. The minimum Gasteiger partial charge on any atom is -0.309 e. The molecule has 0 amide bonds. The molecule has 168 valence electrons. The minimum atomic E-state index is 0.676. The predicted octanol–water partition coefficient (Wildman–Crippen LogP) is 7.82. The zero-order valence-corrected chi connectivity index (χ0v) is 19.3. The van der Waals surface area contributed by atoms with E-state index in [-0.39, 0.29) is 0 Å². The highest BCUT2D eigenvalue weighted by atomic mass is 15.2. The quantitative estimate of drug-likeness (QED) is 0.264. The smallest absolute Gasteiger partial charge is 0.234 e. The summed E-state index contributed by atoms with van der Waals surface area (Å²) in [7, 11) is 0. The van der Waals surface area contributed by atoms with Gasteiger partial charge in [-0.05, 0) is 35.7 Å². The number of fused-ring (bicyclic) bond motifs is 10. The second-order valence-corrected chi connectivity index (χ2v) is 9.08. The lowest BCUT2D eigenvalue weighted by molar-refractivity contribution is 0.991. The lowest BCUT2D eigenvalue weighted by atomic mass is 9.99. The molecule has 0 saturated heterocycles. The highest BCUT2D eigenvalue weighted by Crippen LogP contribution is 2.46. The first-order valence-electron chi connectivity index (χ1n) is 12.1. The van der Waals surface area contributed by atoms with Crippen LogP contribution in [0.15, 0.2) is 122 Å². The van der Waals surface area contributed by atoms with Crippen molar-refractivity contribution in [2.75, 3.05) is 0 Å². The molecular weight excluding hydrogens is 440 g/mol. The first-order chi connectivity index (χ1) is 17.9. The van der Waals surface area contributed by atoms with Gasteiger partial charge < -0.3 is 4.57 Å². The van der Waals surface area contributed by atoms with Crippen LogP contribution in [0, 0.1) is 0 Å². The molecule has 4 nitrogen and oxygen atoms in total. The van der Waals surface area contributed by atoms with Crippen LogP contribution in [-0.4, -0.2) is 19.1 Å². The number of para-hydroxylation sites is 3. The molecule has 3 heterocycles. The maximum atomic E-state index is 4.68. The molecular formula is C32H20N4. The number of nitrogens with zero attached hydrogens (tertiary/aromatic N) is 4. The van der Waals surface area contributed by atoms with E-state index in [0.29, 0.717) is 5.95 Å². The van der Waals surface area contributed by atoms with Crippen molar-refractivity contribution >= 4 is 54.4 Å². The van der Waals surface area contributed by atoms with Gasteiger partial charge in [0.05, 0.1) is 22.1 Å². The molecule has 0 aliphatic heterocycles. The lowest BCUT2D eigenvalue weighted by Crippen LogP contribution is -2.00. The average Bonchev–Trinajstić information content (AvgIpc) is 3.48. The van der Waals surface area contributed by atoms with Gasteiger partial charge in [0.15, 0.2) is 0 Å². The molecule has 8 aromatic rings. The Kier molecular flexibility index (Phi) is 3.91. The van der Waals surface area contributed by atoms with Crippen LogP contribution in [0.5, 0.6) is 0 Å². The summed E-state index contributed by atoms with van der Waals surface area (Å²) >= 11 is 0. The Morgan fingerprint density at radius 1 is 0.417 bits per heavy atom. The zero-order valence-electron chi connectivity index (χ0n) is 19.3. The van der Waals surface area contributed by atoms with E-state index in [0.717, 1.165) is 16.7 Å². The molecule has 3 aromatic heterocycles. The van der Waals surface area contributed by atoms with Gasteiger partial charge in [-0.15, -0.1) is 0 Å². The van der Waals surface area contributed by atoms with E-state index in [1.807, 2.05) is 18.5 Å². The Balaban J connectivity index is 1.77. The van der Waals surface area contributed by atoms with E-state index in [9.17, 15) is 0 Å². The van der Waals surface area contributed by atoms with Crippen LogP contribution in [0.25, 0.3) is 66.0 Å². The summed E-state index contributed by atoms with van der Waals surface area (Å²) < 4.78 is 4.64. The van der Waals surface area contributed by atoms with Gasteiger partial charge in [-0.2, -0.15) is 0 Å². The van der Waals surface area contributed by atoms with Crippen LogP contribution in [-0.2, 0) is 0 Å². The molecule has 0 aliphatic carbocycles. The van der Waals surface area contributed by atoms with Crippen molar-refractivity contribution in [3.63, 3.8) is 0 Å². The van der Waals surface area contributed by atoms with Crippen molar-refractivity contribution in [2.24, 2.45) is 0 Å². The summed E-state index contributed by atoms with van der Waals surface area (Å²) in [5.41, 5.74) is 5.78. The van der Waals surface area contributed by atoms with Crippen molar-refractivity contribution in [1.82, 2.24) is 19.1 Å². The number of benzene rings is 5. The number of rotatable bonds is 2. The fourth-order valence-electron chi connectivity index (χ4n) is 5.85. The topological polar surface area (TPSA) is 35.6 Å². The number of aromatic nitrogens is 4. The number of hydrogen-bond acceptors (Lipinski definition) is 2. The fraction of sp³-hybridized carbons (Fsp3) is 0. The van der Waals surface area contributed by atoms with Crippen LogP contribution in [0.4, 0.5) is 0 Å². The summed E-state index contributed by atoms with van der Waals surface area (Å²) in [5, 5.41) is 7.35. The summed E-state index contributed by atoms with van der Waals surface area (Å²) in [6.45, 7) is 0. The SMILES string of the molecule is c1ccc(-n2c3ccccc3c3c4ccccc4c4c(c5ccccc5n4-c4ncccn4)c32)cc1. The van der Waals surface area contributed by atoms with Gasteiger partial charge >= 0.3 is 0 Å². The molecule has 0 radical (unpaired) electrons. The second-order valence-electron chi connectivity index (χ2n) is 9.08. The molecule has 8 rings (SSSR count). The summed E-state index contributed by atoms with van der Waals surface area (Å²) in [6.07, 6.45) is 3.62. The van der Waals surface area contributed by atoms with Gasteiger partial charge in [-0.1, -0.05) is 78.9 Å². The third kappa shape index (κ3) is 2.48. The molecule has 0 bridgehead atoms. The first-order valence-corrected chi connectivity index (χ1v) is 12.1. The second kappa shape index (κ2) is 7.27. The van der Waals surface area contributed by atoms with Crippen molar-refractivity contribution in [3.8, 4) is 11.6 Å². The lowest BCUT2D eigenvalue weighted by Gasteiger charge is -2.12. The Bertz CT molecular complexity index is 2080. The molecule has 0 spiro atoms. The monoisotopic (exact) mass is 460 g/mol. The van der Waals surface area contributed by atoms with Gasteiger partial charge in [0, 0.05) is 45.0 Å². The van der Waals surface area contributed by atoms with Crippen LogP contribution in [0.3, 0.4) is 0 Å². The molecule has 0 N–H and O–H groups in total. The maximum Gasteiger partial charge on any atom is 0.234 e. The van der Waals surface area contributed by atoms with E-state index in [1.165, 1.54) is 43.4 Å². The van der Waals surface area contributed by atoms with Gasteiger partial charge in [0.25, 0.3) is 0 Å². The predicted molar refractivity (Wildman–Crippen MR) is 148 cm³/mol. The Morgan fingerprint density at radius 2 is 0.972 bits per heavy atom. The van der Waals surface area contributed by atoms with Gasteiger partial charge in [0.1, 0.15) is 0 Å². The van der Waals surface area contributed by atoms with E-state index in [4.69, 9.17) is 0 Å². The molecule has 0 unspecified atom stereocenters. The standard InChI is InChI=1S/C32H20N4/c1-2-11-21(12-3-1)35-26-17-8-6-15-24(26)28-22-13-4-5-14-23(22)30-29(31(28)35)25-16-7-9-18-27(25)36(30)32-33-19-10-20-34-32/h1-20H. The third-order valence-corrected chi connectivity index (χ3v) is 7.20. The molecule has 0 fully saturated rings. The minimum absolute atomic E-state index is 0.676. The number of hydrogen-bond donors (Lipinski definition) is 0. The van der Waals surface area contributed by atoms with Crippen molar-refractivity contribution in [3.05, 3.63) is 122 Å². The first kappa shape index (κ1) is 19.4. The van der Waals surface area contributed by atoms with Crippen LogP contribution >= 0.6 is 0 Å². The van der Waals surface area contributed by atoms with Crippen molar-refractivity contribution in [2.45, 2.75) is 0 Å². The molecule has 0 saturated carbocycles. The van der Waals surface area contributed by atoms with Gasteiger partial charge in [-0.25, -0.2) is 9.97 Å². The van der Waals surface area contributed by atoms with E-state index in [2.05, 4.69) is 122 Å². The fourth-order valence-corrected chi connectivity index (χ4v) is 5.85. The van der Waals surface area contributed by atoms with Gasteiger partial charge in [-0.3, -0.25) is 4.57 Å². The molecule has 4 heteroatoms. The summed E-state index contributed by atoms with van der Waals surface area (Å²) in [4.78, 5) is 9.35. The van der Waals surface area contributed by atoms with E-state index in [1.54, 1.807) is 0 Å². The summed E-state index contributed by atoms with van der Waals surface area (Å²) in [6, 6.07) is 38.6. The molecule has 36 heavy (non-hydrogen) atoms. The molecule has 0 atom stereocenters.